The average molecular weight is 329 g/mol. The zero-order chi connectivity index (χ0) is 16.2. The Morgan fingerprint density at radius 2 is 1.96 bits per heavy atom. The number of carbonyl (C=O) groups excluding carboxylic acids is 1. The van der Waals surface area contributed by atoms with E-state index in [0.29, 0.717) is 12.2 Å². The minimum Gasteiger partial charge on any atom is -0.462 e. The molecule has 0 fully saturated rings. The zero-order valence-corrected chi connectivity index (χ0v) is 13.5. The van der Waals surface area contributed by atoms with Crippen LogP contribution in [-0.2, 0) is 4.74 Å². The minimum atomic E-state index is -0.307. The van der Waals surface area contributed by atoms with Crippen LogP contribution < -0.4 is 10.4 Å². The molecule has 118 valence electrons. The molecule has 0 saturated carbocycles. The highest BCUT2D eigenvalue weighted by Crippen LogP contribution is 2.28. The van der Waals surface area contributed by atoms with Gasteiger partial charge < -0.3 is 4.74 Å². The molecule has 1 aliphatic heterocycles. The number of benzene rings is 2. The quantitative estimate of drug-likeness (QED) is 0.858. The smallest absolute Gasteiger partial charge is 0.338 e. The molecule has 0 saturated heterocycles. The van der Waals surface area contributed by atoms with E-state index in [0.717, 1.165) is 16.3 Å². The van der Waals surface area contributed by atoms with E-state index >= 15 is 0 Å². The fraction of sp³-hybridized carbons (Fsp3) is 0.167. The van der Waals surface area contributed by atoms with Gasteiger partial charge in [-0.25, -0.2) is 10.2 Å². The number of hydrogen-bond acceptors (Lipinski definition) is 4. The van der Waals surface area contributed by atoms with E-state index in [1.807, 2.05) is 53.7 Å². The number of ether oxygens (including phenoxy) is 1. The molecule has 1 unspecified atom stereocenters. The number of hydrazine groups is 1. The Balaban J connectivity index is 1.71. The third kappa shape index (κ3) is 3.38. The summed E-state index contributed by atoms with van der Waals surface area (Å²) in [5.41, 5.74) is 5.86. The molecule has 23 heavy (non-hydrogen) atoms. The average Bonchev–Trinajstić information content (AvgIpc) is 3.05. The van der Waals surface area contributed by atoms with Gasteiger partial charge in [0.2, 0.25) is 0 Å². The second-order valence-corrected chi connectivity index (χ2v) is 5.51. The van der Waals surface area contributed by atoms with Gasteiger partial charge in [-0.05, 0) is 48.9 Å². The van der Waals surface area contributed by atoms with Gasteiger partial charge in [-0.1, -0.05) is 29.8 Å². The van der Waals surface area contributed by atoms with Crippen molar-refractivity contribution in [1.29, 1.82) is 0 Å². The molecule has 1 N–H and O–H groups in total. The van der Waals surface area contributed by atoms with Crippen LogP contribution in [0.25, 0.3) is 0 Å². The van der Waals surface area contributed by atoms with Gasteiger partial charge in [0.25, 0.3) is 0 Å². The van der Waals surface area contributed by atoms with Crippen LogP contribution in [0.2, 0.25) is 5.02 Å². The van der Waals surface area contributed by atoms with Crippen molar-refractivity contribution in [3.8, 4) is 0 Å². The van der Waals surface area contributed by atoms with E-state index in [-0.39, 0.29) is 12.0 Å². The van der Waals surface area contributed by atoms with Crippen molar-refractivity contribution < 1.29 is 9.53 Å². The van der Waals surface area contributed by atoms with Gasteiger partial charge in [-0.2, -0.15) is 0 Å². The Hall–Kier alpha value is -2.30. The molecule has 0 spiro atoms. The highest BCUT2D eigenvalue weighted by Gasteiger charge is 2.20. The molecular weight excluding hydrogens is 312 g/mol. The minimum absolute atomic E-state index is 0.0217. The van der Waals surface area contributed by atoms with Crippen LogP contribution in [0, 0.1) is 0 Å². The van der Waals surface area contributed by atoms with E-state index in [4.69, 9.17) is 16.3 Å². The first-order chi connectivity index (χ1) is 11.2. The number of esters is 1. The standard InChI is InChI=1S/C18H17ClN2O2/c1-2-23-18(22)13-7-9-14(10-8-13)21-12-11-17(20-21)15-5-3-4-6-16(15)19/h3-12,17,20H,2H2,1H3. The predicted molar refractivity (Wildman–Crippen MR) is 91.3 cm³/mol. The van der Waals surface area contributed by atoms with Gasteiger partial charge in [0.15, 0.2) is 0 Å². The highest BCUT2D eigenvalue weighted by atomic mass is 35.5. The van der Waals surface area contributed by atoms with E-state index < -0.39 is 0 Å². The summed E-state index contributed by atoms with van der Waals surface area (Å²) >= 11 is 6.24. The third-order valence-corrected chi connectivity index (χ3v) is 3.95. The molecule has 0 aromatic heterocycles. The maximum atomic E-state index is 11.7. The molecule has 0 amide bonds. The van der Waals surface area contributed by atoms with E-state index in [1.165, 1.54) is 0 Å². The first-order valence-corrected chi connectivity index (χ1v) is 7.82. The number of halogens is 1. The molecule has 2 aromatic rings. The summed E-state index contributed by atoms with van der Waals surface area (Å²) in [6.07, 6.45) is 3.99. The Kier molecular flexibility index (Phi) is 4.65. The highest BCUT2D eigenvalue weighted by molar-refractivity contribution is 6.31. The molecule has 4 nitrogen and oxygen atoms in total. The largest absolute Gasteiger partial charge is 0.462 e. The van der Waals surface area contributed by atoms with Crippen molar-refractivity contribution in [3.05, 3.63) is 77.0 Å². The fourth-order valence-corrected chi connectivity index (χ4v) is 2.69. The maximum absolute atomic E-state index is 11.7. The van der Waals surface area contributed by atoms with Crippen molar-refractivity contribution in [2.75, 3.05) is 11.6 Å². The Bertz CT molecular complexity index is 728. The Morgan fingerprint density at radius 3 is 2.65 bits per heavy atom. The number of hydrogen-bond donors (Lipinski definition) is 1. The van der Waals surface area contributed by atoms with E-state index in [2.05, 4.69) is 5.43 Å². The van der Waals surface area contributed by atoms with Gasteiger partial charge in [0.05, 0.1) is 23.9 Å². The topological polar surface area (TPSA) is 41.6 Å². The van der Waals surface area contributed by atoms with Gasteiger partial charge in [-0.3, -0.25) is 5.01 Å². The van der Waals surface area contributed by atoms with Crippen LogP contribution in [-0.4, -0.2) is 12.6 Å². The second-order valence-electron chi connectivity index (χ2n) is 5.11. The summed E-state index contributed by atoms with van der Waals surface area (Å²) in [6, 6.07) is 15.0. The molecular formula is C18H17ClN2O2. The normalized spacial score (nSPS) is 16.6. The molecule has 0 bridgehead atoms. The molecule has 5 heteroatoms. The summed E-state index contributed by atoms with van der Waals surface area (Å²) in [5.74, 6) is -0.307. The monoisotopic (exact) mass is 328 g/mol. The van der Waals surface area contributed by atoms with Gasteiger partial charge in [0.1, 0.15) is 0 Å². The van der Waals surface area contributed by atoms with Crippen LogP contribution >= 0.6 is 11.6 Å². The van der Waals surface area contributed by atoms with Gasteiger partial charge in [0, 0.05) is 11.2 Å². The summed E-state index contributed by atoms with van der Waals surface area (Å²) in [4.78, 5) is 11.7. The predicted octanol–water partition coefficient (Wildman–Crippen LogP) is 4.10. The Morgan fingerprint density at radius 1 is 1.22 bits per heavy atom. The summed E-state index contributed by atoms with van der Waals surface area (Å²) in [5, 5.41) is 2.64. The number of nitrogens with zero attached hydrogens (tertiary/aromatic N) is 1. The summed E-state index contributed by atoms with van der Waals surface area (Å²) in [7, 11) is 0. The van der Waals surface area contributed by atoms with Crippen LogP contribution in [0.3, 0.4) is 0 Å². The van der Waals surface area contributed by atoms with E-state index in [9.17, 15) is 4.79 Å². The number of anilines is 1. The first kappa shape index (κ1) is 15.6. The van der Waals surface area contributed by atoms with Crippen molar-refractivity contribution >= 4 is 23.3 Å². The lowest BCUT2D eigenvalue weighted by Crippen LogP contribution is -2.30. The fourth-order valence-electron chi connectivity index (χ4n) is 2.44. The molecule has 2 aromatic carbocycles. The number of nitrogens with one attached hydrogen (secondary N) is 1. The van der Waals surface area contributed by atoms with E-state index in [1.54, 1.807) is 19.1 Å². The van der Waals surface area contributed by atoms with Crippen molar-refractivity contribution in [3.63, 3.8) is 0 Å². The number of carbonyl (C=O) groups is 1. The van der Waals surface area contributed by atoms with Crippen LogP contribution in [0.15, 0.2) is 60.8 Å². The number of rotatable bonds is 4. The first-order valence-electron chi connectivity index (χ1n) is 7.44. The lowest BCUT2D eigenvalue weighted by Gasteiger charge is -2.20. The summed E-state index contributed by atoms with van der Waals surface area (Å²) < 4.78 is 4.98. The molecule has 0 radical (unpaired) electrons. The second kappa shape index (κ2) is 6.86. The molecule has 3 rings (SSSR count). The molecule has 0 aliphatic carbocycles. The zero-order valence-electron chi connectivity index (χ0n) is 12.7. The molecule has 1 heterocycles. The molecule has 1 atom stereocenters. The third-order valence-electron chi connectivity index (χ3n) is 3.60. The van der Waals surface area contributed by atoms with Crippen molar-refractivity contribution in [2.45, 2.75) is 13.0 Å². The maximum Gasteiger partial charge on any atom is 0.338 e. The van der Waals surface area contributed by atoms with Gasteiger partial charge in [-0.15, -0.1) is 0 Å². The van der Waals surface area contributed by atoms with Crippen molar-refractivity contribution in [1.82, 2.24) is 5.43 Å². The summed E-state index contributed by atoms with van der Waals surface area (Å²) in [6.45, 7) is 2.16. The van der Waals surface area contributed by atoms with Gasteiger partial charge >= 0.3 is 5.97 Å². The Labute approximate surface area is 140 Å². The SMILES string of the molecule is CCOC(=O)c1ccc(N2C=CC(c3ccccc3Cl)N2)cc1. The van der Waals surface area contributed by atoms with Crippen molar-refractivity contribution in [2.24, 2.45) is 0 Å². The van der Waals surface area contributed by atoms with Crippen LogP contribution in [0.5, 0.6) is 0 Å². The molecule has 1 aliphatic rings. The van der Waals surface area contributed by atoms with Crippen LogP contribution in [0.4, 0.5) is 5.69 Å². The lowest BCUT2D eigenvalue weighted by molar-refractivity contribution is 0.0526. The van der Waals surface area contributed by atoms with Crippen LogP contribution in [0.1, 0.15) is 28.9 Å². The lowest BCUT2D eigenvalue weighted by atomic mass is 10.1.